The maximum absolute atomic E-state index is 9.33. The number of hydrogen-bond acceptors (Lipinski definition) is 5. The Kier molecular flexibility index (Phi) is 3.87. The van der Waals surface area contributed by atoms with E-state index in [0.29, 0.717) is 12.5 Å². The number of aliphatic hydroxyl groups is 1. The molecule has 1 N–H and O–H groups in total. The van der Waals surface area contributed by atoms with Crippen molar-refractivity contribution in [2.24, 2.45) is 5.92 Å². The second kappa shape index (κ2) is 6.16. The van der Waals surface area contributed by atoms with Gasteiger partial charge in [-0.2, -0.15) is 0 Å². The van der Waals surface area contributed by atoms with Gasteiger partial charge in [0.15, 0.2) is 0 Å². The zero-order chi connectivity index (χ0) is 15.6. The fraction of sp³-hybridized carbons (Fsp3) is 0.444. The third-order valence-corrected chi connectivity index (χ3v) is 4.89. The quantitative estimate of drug-likeness (QED) is 0.921. The van der Waals surface area contributed by atoms with E-state index in [1.165, 1.54) is 11.1 Å². The van der Waals surface area contributed by atoms with E-state index in [2.05, 4.69) is 20.9 Å². The highest BCUT2D eigenvalue weighted by molar-refractivity contribution is 5.53. The van der Waals surface area contributed by atoms with Crippen molar-refractivity contribution < 1.29 is 9.84 Å². The van der Waals surface area contributed by atoms with Crippen molar-refractivity contribution in [1.82, 2.24) is 9.97 Å². The number of rotatable bonds is 2. The highest BCUT2D eigenvalue weighted by Crippen LogP contribution is 2.32. The summed E-state index contributed by atoms with van der Waals surface area (Å²) < 4.78 is 5.91. The summed E-state index contributed by atoms with van der Waals surface area (Å²) in [6, 6.07) is 8.17. The lowest BCUT2D eigenvalue weighted by Crippen LogP contribution is -2.36. The van der Waals surface area contributed by atoms with Gasteiger partial charge in [0, 0.05) is 31.7 Å². The van der Waals surface area contributed by atoms with Crippen LogP contribution in [0.2, 0.25) is 0 Å². The number of benzene rings is 1. The molecule has 0 aliphatic carbocycles. The lowest BCUT2D eigenvalue weighted by molar-refractivity contribution is 0.202. The summed E-state index contributed by atoms with van der Waals surface area (Å²) in [6.45, 7) is 2.67. The number of aliphatic hydroxyl groups excluding tert-OH is 1. The van der Waals surface area contributed by atoms with Crippen LogP contribution in [0.3, 0.4) is 0 Å². The highest BCUT2D eigenvalue weighted by Gasteiger charge is 2.25. The molecule has 1 saturated heterocycles. The average Bonchev–Trinajstić information content (AvgIpc) is 2.81. The Labute approximate surface area is 136 Å². The van der Waals surface area contributed by atoms with E-state index in [4.69, 9.17) is 4.74 Å². The predicted octanol–water partition coefficient (Wildman–Crippen LogP) is 2.17. The van der Waals surface area contributed by atoms with E-state index in [9.17, 15) is 5.11 Å². The SMILES string of the molecule is OCC1CCN(c2ncnc3c2Cc2ccccc2OC3)CC1. The number of para-hydroxylation sites is 1. The summed E-state index contributed by atoms with van der Waals surface area (Å²) in [6.07, 6.45) is 4.48. The number of fused-ring (bicyclic) bond motifs is 2. The first-order valence-corrected chi connectivity index (χ1v) is 8.24. The fourth-order valence-electron chi connectivity index (χ4n) is 3.47. The summed E-state index contributed by atoms with van der Waals surface area (Å²) in [7, 11) is 0. The van der Waals surface area contributed by atoms with Crippen molar-refractivity contribution in [3.05, 3.63) is 47.4 Å². The van der Waals surface area contributed by atoms with E-state index >= 15 is 0 Å². The molecule has 1 fully saturated rings. The van der Waals surface area contributed by atoms with Gasteiger partial charge in [-0.15, -0.1) is 0 Å². The molecule has 1 aromatic carbocycles. The first kappa shape index (κ1) is 14.5. The Hall–Kier alpha value is -2.14. The summed E-state index contributed by atoms with van der Waals surface area (Å²) in [5, 5.41) is 9.33. The largest absolute Gasteiger partial charge is 0.487 e. The van der Waals surface area contributed by atoms with Gasteiger partial charge in [0.25, 0.3) is 0 Å². The molecule has 0 spiro atoms. The standard InChI is InChI=1S/C18H21N3O2/c22-10-13-5-7-21(8-6-13)18-15-9-14-3-1-2-4-17(14)23-11-16(15)19-12-20-18/h1-4,12-13,22H,5-11H2. The van der Waals surface area contributed by atoms with Gasteiger partial charge in [-0.05, 0) is 30.4 Å². The molecule has 2 aromatic rings. The van der Waals surface area contributed by atoms with Crippen LogP contribution < -0.4 is 9.64 Å². The van der Waals surface area contributed by atoms with Crippen molar-refractivity contribution in [3.63, 3.8) is 0 Å². The molecular weight excluding hydrogens is 290 g/mol. The number of aromatic nitrogens is 2. The summed E-state index contributed by atoms with van der Waals surface area (Å²) >= 11 is 0. The molecular formula is C18H21N3O2. The summed E-state index contributed by atoms with van der Waals surface area (Å²) in [5.74, 6) is 2.40. The Balaban J connectivity index is 1.66. The van der Waals surface area contributed by atoms with Crippen molar-refractivity contribution in [1.29, 1.82) is 0 Å². The molecule has 0 unspecified atom stereocenters. The molecule has 23 heavy (non-hydrogen) atoms. The zero-order valence-corrected chi connectivity index (χ0v) is 13.1. The van der Waals surface area contributed by atoms with Crippen molar-refractivity contribution in [2.75, 3.05) is 24.6 Å². The summed E-state index contributed by atoms with van der Waals surface area (Å²) in [5.41, 5.74) is 3.35. The van der Waals surface area contributed by atoms with Gasteiger partial charge in [-0.3, -0.25) is 0 Å². The summed E-state index contributed by atoms with van der Waals surface area (Å²) in [4.78, 5) is 11.4. The minimum absolute atomic E-state index is 0.289. The second-order valence-corrected chi connectivity index (χ2v) is 6.31. The maximum atomic E-state index is 9.33. The molecule has 5 heteroatoms. The van der Waals surface area contributed by atoms with Crippen LogP contribution in [0.25, 0.3) is 0 Å². The third-order valence-electron chi connectivity index (χ3n) is 4.89. The van der Waals surface area contributed by atoms with E-state index < -0.39 is 0 Å². The number of ether oxygens (including phenoxy) is 1. The first-order valence-electron chi connectivity index (χ1n) is 8.24. The first-order chi connectivity index (χ1) is 11.3. The van der Waals surface area contributed by atoms with Crippen molar-refractivity contribution in [3.8, 4) is 5.75 Å². The predicted molar refractivity (Wildman–Crippen MR) is 87.6 cm³/mol. The van der Waals surface area contributed by atoms with Crippen LogP contribution in [0.4, 0.5) is 5.82 Å². The Bertz CT molecular complexity index is 696. The average molecular weight is 311 g/mol. The lowest BCUT2D eigenvalue weighted by Gasteiger charge is -2.33. The molecule has 1 aromatic heterocycles. The monoisotopic (exact) mass is 311 g/mol. The van der Waals surface area contributed by atoms with Gasteiger partial charge in [0.05, 0.1) is 5.69 Å². The topological polar surface area (TPSA) is 58.5 Å². The van der Waals surface area contributed by atoms with Crippen LogP contribution in [0, 0.1) is 5.92 Å². The van der Waals surface area contributed by atoms with Gasteiger partial charge in [-0.1, -0.05) is 18.2 Å². The Morgan fingerprint density at radius 3 is 2.83 bits per heavy atom. The van der Waals surface area contributed by atoms with E-state index in [1.807, 2.05) is 18.2 Å². The van der Waals surface area contributed by atoms with Crippen LogP contribution in [0.15, 0.2) is 30.6 Å². The molecule has 0 amide bonds. The molecule has 3 heterocycles. The van der Waals surface area contributed by atoms with E-state index in [1.54, 1.807) is 6.33 Å². The normalized spacial score (nSPS) is 17.9. The van der Waals surface area contributed by atoms with Gasteiger partial charge < -0.3 is 14.7 Å². The zero-order valence-electron chi connectivity index (χ0n) is 13.1. The minimum Gasteiger partial charge on any atom is -0.487 e. The molecule has 0 atom stereocenters. The number of anilines is 1. The molecule has 0 radical (unpaired) electrons. The molecule has 5 nitrogen and oxygen atoms in total. The minimum atomic E-state index is 0.289. The van der Waals surface area contributed by atoms with Gasteiger partial charge in [0.2, 0.25) is 0 Å². The number of nitrogens with zero attached hydrogens (tertiary/aromatic N) is 3. The van der Waals surface area contributed by atoms with E-state index in [0.717, 1.165) is 49.6 Å². The van der Waals surface area contributed by atoms with Gasteiger partial charge in [0.1, 0.15) is 24.5 Å². The molecule has 0 saturated carbocycles. The van der Waals surface area contributed by atoms with Crippen LogP contribution in [-0.4, -0.2) is 34.8 Å². The van der Waals surface area contributed by atoms with Crippen molar-refractivity contribution >= 4 is 5.82 Å². The highest BCUT2D eigenvalue weighted by atomic mass is 16.5. The molecule has 4 rings (SSSR count). The van der Waals surface area contributed by atoms with Gasteiger partial charge in [-0.25, -0.2) is 9.97 Å². The van der Waals surface area contributed by atoms with Crippen LogP contribution in [0.1, 0.15) is 29.7 Å². The number of hydrogen-bond donors (Lipinski definition) is 1. The molecule has 0 bridgehead atoms. The third kappa shape index (κ3) is 2.77. The number of piperidine rings is 1. The van der Waals surface area contributed by atoms with E-state index in [-0.39, 0.29) is 6.61 Å². The van der Waals surface area contributed by atoms with Crippen LogP contribution in [0.5, 0.6) is 5.75 Å². The fourth-order valence-corrected chi connectivity index (χ4v) is 3.47. The Morgan fingerprint density at radius 2 is 2.00 bits per heavy atom. The molecule has 120 valence electrons. The van der Waals surface area contributed by atoms with Crippen molar-refractivity contribution in [2.45, 2.75) is 25.9 Å². The molecule has 2 aliphatic rings. The maximum Gasteiger partial charge on any atom is 0.135 e. The van der Waals surface area contributed by atoms with Crippen LogP contribution in [-0.2, 0) is 13.0 Å². The smallest absolute Gasteiger partial charge is 0.135 e. The van der Waals surface area contributed by atoms with Crippen LogP contribution >= 0.6 is 0 Å². The van der Waals surface area contributed by atoms with Gasteiger partial charge >= 0.3 is 0 Å². The Morgan fingerprint density at radius 1 is 1.17 bits per heavy atom. The second-order valence-electron chi connectivity index (χ2n) is 6.31. The lowest BCUT2D eigenvalue weighted by atomic mass is 9.97. The molecule has 2 aliphatic heterocycles.